The van der Waals surface area contributed by atoms with Crippen molar-refractivity contribution >= 4 is 11.0 Å². The number of hydrogen-bond acceptors (Lipinski definition) is 6. The first kappa shape index (κ1) is 21.2. The SMILES string of the molecule is COc1cc2oc(=O)cc(CN(C)CC3CCCc4c(OC)cccc43)c2cc1OC. The number of rotatable bonds is 7. The minimum atomic E-state index is -0.365. The third-order valence-corrected chi connectivity index (χ3v) is 6.12. The molecule has 0 spiro atoms. The number of ether oxygens (including phenoxy) is 3. The fourth-order valence-corrected chi connectivity index (χ4v) is 4.71. The van der Waals surface area contributed by atoms with Gasteiger partial charge in [-0.05, 0) is 61.1 Å². The van der Waals surface area contributed by atoms with Gasteiger partial charge in [-0.2, -0.15) is 0 Å². The molecule has 2 aromatic carbocycles. The van der Waals surface area contributed by atoms with E-state index >= 15 is 0 Å². The third-order valence-electron chi connectivity index (χ3n) is 6.12. The first-order chi connectivity index (χ1) is 15.0. The summed E-state index contributed by atoms with van der Waals surface area (Å²) in [4.78, 5) is 14.5. The Bertz CT molecular complexity index is 1140. The van der Waals surface area contributed by atoms with Gasteiger partial charge in [-0.25, -0.2) is 4.79 Å². The number of methoxy groups -OCH3 is 3. The van der Waals surface area contributed by atoms with Gasteiger partial charge in [-0.3, -0.25) is 0 Å². The minimum Gasteiger partial charge on any atom is -0.496 e. The highest BCUT2D eigenvalue weighted by Gasteiger charge is 2.24. The zero-order chi connectivity index (χ0) is 22.0. The summed E-state index contributed by atoms with van der Waals surface area (Å²) in [6.07, 6.45) is 3.36. The van der Waals surface area contributed by atoms with Crippen LogP contribution in [0.25, 0.3) is 11.0 Å². The Hall–Kier alpha value is -2.99. The van der Waals surface area contributed by atoms with Gasteiger partial charge < -0.3 is 23.5 Å². The Morgan fingerprint density at radius 2 is 1.77 bits per heavy atom. The lowest BCUT2D eigenvalue weighted by Gasteiger charge is -2.30. The van der Waals surface area contributed by atoms with Crippen molar-refractivity contribution in [2.24, 2.45) is 0 Å². The van der Waals surface area contributed by atoms with E-state index in [0.29, 0.717) is 29.5 Å². The quantitative estimate of drug-likeness (QED) is 0.526. The van der Waals surface area contributed by atoms with Crippen molar-refractivity contribution < 1.29 is 18.6 Å². The first-order valence-corrected chi connectivity index (χ1v) is 10.6. The minimum absolute atomic E-state index is 0.365. The van der Waals surface area contributed by atoms with Crippen molar-refractivity contribution in [3.63, 3.8) is 0 Å². The van der Waals surface area contributed by atoms with E-state index in [-0.39, 0.29) is 5.63 Å². The molecule has 1 atom stereocenters. The van der Waals surface area contributed by atoms with Gasteiger partial charge in [0.15, 0.2) is 11.5 Å². The fourth-order valence-electron chi connectivity index (χ4n) is 4.71. The molecule has 164 valence electrons. The predicted molar refractivity (Wildman–Crippen MR) is 121 cm³/mol. The lowest BCUT2D eigenvalue weighted by Crippen LogP contribution is -2.27. The van der Waals surface area contributed by atoms with Gasteiger partial charge in [0.1, 0.15) is 11.3 Å². The maximum absolute atomic E-state index is 12.2. The molecule has 6 nitrogen and oxygen atoms in total. The molecule has 6 heteroatoms. The lowest BCUT2D eigenvalue weighted by molar-refractivity contribution is 0.289. The number of fused-ring (bicyclic) bond motifs is 2. The van der Waals surface area contributed by atoms with Crippen LogP contribution in [-0.2, 0) is 13.0 Å². The van der Waals surface area contributed by atoms with Crippen molar-refractivity contribution in [2.45, 2.75) is 31.7 Å². The maximum Gasteiger partial charge on any atom is 0.336 e. The number of nitrogens with zero attached hydrogens (tertiary/aromatic N) is 1. The van der Waals surface area contributed by atoms with Crippen LogP contribution in [0.2, 0.25) is 0 Å². The van der Waals surface area contributed by atoms with E-state index < -0.39 is 0 Å². The molecule has 31 heavy (non-hydrogen) atoms. The Morgan fingerprint density at radius 3 is 2.52 bits per heavy atom. The summed E-state index contributed by atoms with van der Waals surface area (Å²) in [5, 5.41) is 0.856. The van der Waals surface area contributed by atoms with E-state index in [1.165, 1.54) is 11.1 Å². The van der Waals surface area contributed by atoms with Crippen LogP contribution in [0.1, 0.15) is 35.4 Å². The largest absolute Gasteiger partial charge is 0.496 e. The number of likely N-dealkylation sites (N-methyl/N-ethyl adjacent to an activating group) is 1. The second-order valence-corrected chi connectivity index (χ2v) is 8.11. The number of hydrogen-bond donors (Lipinski definition) is 0. The highest BCUT2D eigenvalue weighted by atomic mass is 16.5. The van der Waals surface area contributed by atoms with Crippen LogP contribution in [0.4, 0.5) is 0 Å². The topological polar surface area (TPSA) is 61.1 Å². The Morgan fingerprint density at radius 1 is 1.03 bits per heavy atom. The van der Waals surface area contributed by atoms with Crippen molar-refractivity contribution in [3.8, 4) is 17.2 Å². The fraction of sp³-hybridized carbons (Fsp3) is 0.400. The molecule has 0 aliphatic heterocycles. The van der Waals surface area contributed by atoms with E-state index in [1.54, 1.807) is 33.5 Å². The Kier molecular flexibility index (Phi) is 6.18. The number of benzene rings is 2. The summed E-state index contributed by atoms with van der Waals surface area (Å²) in [5.74, 6) is 2.57. The molecule has 0 amide bonds. The molecule has 0 N–H and O–H groups in total. The molecule has 0 saturated heterocycles. The zero-order valence-corrected chi connectivity index (χ0v) is 18.6. The van der Waals surface area contributed by atoms with Gasteiger partial charge >= 0.3 is 5.63 Å². The molecule has 1 aliphatic carbocycles. The Balaban J connectivity index is 1.61. The average molecular weight is 424 g/mol. The van der Waals surface area contributed by atoms with E-state index in [1.807, 2.05) is 12.1 Å². The van der Waals surface area contributed by atoms with E-state index in [9.17, 15) is 4.79 Å². The third kappa shape index (κ3) is 4.26. The predicted octanol–water partition coefficient (Wildman–Crippen LogP) is 4.37. The molecule has 0 saturated carbocycles. The van der Waals surface area contributed by atoms with Gasteiger partial charge in [0.25, 0.3) is 0 Å². The van der Waals surface area contributed by atoms with Crippen LogP contribution < -0.4 is 19.8 Å². The summed E-state index contributed by atoms with van der Waals surface area (Å²) in [7, 11) is 7.00. The summed E-state index contributed by atoms with van der Waals surface area (Å²) < 4.78 is 21.8. The van der Waals surface area contributed by atoms with Crippen LogP contribution in [0.5, 0.6) is 17.2 Å². The summed E-state index contributed by atoms with van der Waals surface area (Å²) in [5.41, 5.74) is 3.76. The molecule has 1 aromatic heterocycles. The Labute approximate surface area is 182 Å². The van der Waals surface area contributed by atoms with Gasteiger partial charge in [-0.1, -0.05) is 12.1 Å². The molecule has 0 radical (unpaired) electrons. The normalized spacial score (nSPS) is 15.7. The molecule has 1 heterocycles. The standard InChI is InChI=1S/C25H29NO5/c1-26(14-16-7-5-9-19-18(16)8-6-10-21(19)28-2)15-17-11-25(27)31-22-13-24(30-4)23(29-3)12-20(17)22/h6,8,10-13,16H,5,7,9,14-15H2,1-4H3. The van der Waals surface area contributed by atoms with Crippen molar-refractivity contribution in [1.82, 2.24) is 4.90 Å². The highest BCUT2D eigenvalue weighted by molar-refractivity contribution is 5.84. The molecule has 1 aliphatic rings. The average Bonchev–Trinajstić information content (AvgIpc) is 2.77. The van der Waals surface area contributed by atoms with E-state index in [2.05, 4.69) is 24.1 Å². The molecular formula is C25H29NO5. The zero-order valence-electron chi connectivity index (χ0n) is 18.6. The van der Waals surface area contributed by atoms with Gasteiger partial charge in [0, 0.05) is 30.6 Å². The molecule has 1 unspecified atom stereocenters. The molecule has 3 aromatic rings. The van der Waals surface area contributed by atoms with Crippen LogP contribution >= 0.6 is 0 Å². The molecule has 4 rings (SSSR count). The van der Waals surface area contributed by atoms with E-state index in [4.69, 9.17) is 18.6 Å². The second kappa shape index (κ2) is 9.02. The van der Waals surface area contributed by atoms with Crippen LogP contribution in [-0.4, -0.2) is 39.8 Å². The lowest BCUT2D eigenvalue weighted by atomic mass is 9.82. The van der Waals surface area contributed by atoms with Gasteiger partial charge in [-0.15, -0.1) is 0 Å². The second-order valence-electron chi connectivity index (χ2n) is 8.11. The summed E-state index contributed by atoms with van der Waals surface area (Å²) in [6, 6.07) is 11.5. The first-order valence-electron chi connectivity index (χ1n) is 10.6. The van der Waals surface area contributed by atoms with Gasteiger partial charge in [0.05, 0.1) is 21.3 Å². The smallest absolute Gasteiger partial charge is 0.336 e. The molecule has 0 bridgehead atoms. The maximum atomic E-state index is 12.2. The highest BCUT2D eigenvalue weighted by Crippen LogP contribution is 2.37. The van der Waals surface area contributed by atoms with Crippen molar-refractivity contribution in [3.05, 3.63) is 63.5 Å². The van der Waals surface area contributed by atoms with Gasteiger partial charge in [0.2, 0.25) is 0 Å². The molecular weight excluding hydrogens is 394 g/mol. The van der Waals surface area contributed by atoms with Crippen LogP contribution in [0.3, 0.4) is 0 Å². The molecule has 0 fully saturated rings. The summed E-state index contributed by atoms with van der Waals surface area (Å²) in [6.45, 7) is 1.53. The monoisotopic (exact) mass is 423 g/mol. The van der Waals surface area contributed by atoms with Crippen LogP contribution in [0.15, 0.2) is 45.6 Å². The van der Waals surface area contributed by atoms with Crippen LogP contribution in [0, 0.1) is 0 Å². The van der Waals surface area contributed by atoms with Crippen molar-refractivity contribution in [1.29, 1.82) is 0 Å². The van der Waals surface area contributed by atoms with Crippen molar-refractivity contribution in [2.75, 3.05) is 34.9 Å². The van der Waals surface area contributed by atoms with E-state index in [0.717, 1.165) is 42.5 Å². The summed E-state index contributed by atoms with van der Waals surface area (Å²) >= 11 is 0.